The van der Waals surface area contributed by atoms with E-state index in [4.69, 9.17) is 14.2 Å². The number of rotatable bonds is 9. The molecule has 5 rings (SSSR count). The molecule has 0 atom stereocenters. The Bertz CT molecular complexity index is 1740. The second-order valence-electron chi connectivity index (χ2n) is 8.74. The Hall–Kier alpha value is -4.56. The summed E-state index contributed by atoms with van der Waals surface area (Å²) in [5.41, 5.74) is 1.11. The van der Waals surface area contributed by atoms with Crippen molar-refractivity contribution in [2.75, 3.05) is 11.8 Å². The van der Waals surface area contributed by atoms with E-state index in [9.17, 15) is 8.42 Å². The van der Waals surface area contributed by atoms with Crippen molar-refractivity contribution in [1.82, 2.24) is 0 Å². The molecule has 0 saturated heterocycles. The summed E-state index contributed by atoms with van der Waals surface area (Å²) in [4.78, 5) is -0.0205. The molecule has 8 heteroatoms. The number of sulfonamides is 1. The maximum atomic E-state index is 15.1. The van der Waals surface area contributed by atoms with Gasteiger partial charge in [0.05, 0.1) is 17.7 Å². The van der Waals surface area contributed by atoms with Gasteiger partial charge in [0.25, 0.3) is 10.0 Å². The lowest BCUT2D eigenvalue weighted by atomic mass is 10.0. The largest absolute Gasteiger partial charge is 0.496 e. The molecule has 0 aliphatic heterocycles. The zero-order chi connectivity index (χ0) is 27.4. The van der Waals surface area contributed by atoms with Crippen LogP contribution in [0.3, 0.4) is 0 Å². The summed E-state index contributed by atoms with van der Waals surface area (Å²) < 4.78 is 60.7. The van der Waals surface area contributed by atoms with Gasteiger partial charge in [-0.25, -0.2) is 12.8 Å². The SMILES string of the molecule is CCc1cc2cccc(Oc3ccc(NS(=O)(=O)c4cccc(Oc5ccccc5)c4)cc3F)c2cc1OC. The van der Waals surface area contributed by atoms with Gasteiger partial charge in [-0.15, -0.1) is 0 Å². The van der Waals surface area contributed by atoms with Gasteiger partial charge >= 0.3 is 0 Å². The molecule has 5 aromatic rings. The second kappa shape index (κ2) is 11.0. The third-order valence-electron chi connectivity index (χ3n) is 6.12. The van der Waals surface area contributed by atoms with E-state index in [0.717, 1.165) is 34.6 Å². The minimum Gasteiger partial charge on any atom is -0.496 e. The summed E-state index contributed by atoms with van der Waals surface area (Å²) in [6.07, 6.45) is 0.806. The summed E-state index contributed by atoms with van der Waals surface area (Å²) in [5, 5.41) is 1.71. The van der Waals surface area contributed by atoms with Crippen molar-refractivity contribution in [3.63, 3.8) is 0 Å². The van der Waals surface area contributed by atoms with E-state index < -0.39 is 15.8 Å². The molecule has 0 aliphatic carbocycles. The summed E-state index contributed by atoms with van der Waals surface area (Å²) in [5.74, 6) is 1.36. The van der Waals surface area contributed by atoms with E-state index in [1.807, 2.05) is 49.4 Å². The number of ether oxygens (including phenoxy) is 3. The first kappa shape index (κ1) is 26.1. The van der Waals surface area contributed by atoms with Crippen LogP contribution in [0.15, 0.2) is 108 Å². The molecule has 39 heavy (non-hydrogen) atoms. The lowest BCUT2D eigenvalue weighted by Gasteiger charge is -2.14. The van der Waals surface area contributed by atoms with E-state index in [0.29, 0.717) is 17.2 Å². The van der Waals surface area contributed by atoms with Crippen molar-refractivity contribution >= 4 is 26.5 Å². The maximum Gasteiger partial charge on any atom is 0.262 e. The molecule has 0 fully saturated rings. The number of anilines is 1. The van der Waals surface area contributed by atoms with Crippen LogP contribution in [0.2, 0.25) is 0 Å². The summed E-state index contributed by atoms with van der Waals surface area (Å²) in [6.45, 7) is 2.05. The molecule has 0 spiro atoms. The highest BCUT2D eigenvalue weighted by Crippen LogP contribution is 2.36. The molecule has 0 aliphatic rings. The molecule has 0 radical (unpaired) electrons. The van der Waals surface area contributed by atoms with Gasteiger partial charge in [-0.2, -0.15) is 0 Å². The van der Waals surface area contributed by atoms with Crippen molar-refractivity contribution in [2.24, 2.45) is 0 Å². The molecular weight excluding hydrogens is 517 g/mol. The van der Waals surface area contributed by atoms with Crippen LogP contribution in [-0.4, -0.2) is 15.5 Å². The van der Waals surface area contributed by atoms with Crippen molar-refractivity contribution in [3.05, 3.63) is 115 Å². The molecule has 0 saturated carbocycles. The van der Waals surface area contributed by atoms with Crippen molar-refractivity contribution in [2.45, 2.75) is 18.2 Å². The molecule has 6 nitrogen and oxygen atoms in total. The van der Waals surface area contributed by atoms with Gasteiger partial charge in [0.1, 0.15) is 23.0 Å². The average Bonchev–Trinajstić information content (AvgIpc) is 2.94. The monoisotopic (exact) mass is 543 g/mol. The quantitative estimate of drug-likeness (QED) is 0.204. The van der Waals surface area contributed by atoms with Gasteiger partial charge in [0, 0.05) is 17.5 Å². The smallest absolute Gasteiger partial charge is 0.262 e. The maximum absolute atomic E-state index is 15.1. The molecule has 5 aromatic carbocycles. The Morgan fingerprint density at radius 1 is 0.744 bits per heavy atom. The van der Waals surface area contributed by atoms with Crippen LogP contribution in [0.1, 0.15) is 12.5 Å². The highest BCUT2D eigenvalue weighted by Gasteiger charge is 2.17. The van der Waals surface area contributed by atoms with Gasteiger partial charge < -0.3 is 14.2 Å². The highest BCUT2D eigenvalue weighted by molar-refractivity contribution is 7.92. The van der Waals surface area contributed by atoms with Gasteiger partial charge in [-0.3, -0.25) is 4.72 Å². The van der Waals surface area contributed by atoms with E-state index >= 15 is 4.39 Å². The standard InChI is InChI=1S/C31H26FNO5S/c1-3-21-17-22-9-7-14-29(27(22)20-31(21)36-2)38-30-16-15-23(18-28(30)32)33-39(34,35)26-13-8-12-25(19-26)37-24-10-5-4-6-11-24/h4-20,33H,3H2,1-2H3. The first-order chi connectivity index (χ1) is 18.9. The first-order valence-electron chi connectivity index (χ1n) is 12.3. The number of methoxy groups -OCH3 is 1. The predicted molar refractivity (Wildman–Crippen MR) is 150 cm³/mol. The fraction of sp³-hybridized carbons (Fsp3) is 0.0968. The van der Waals surface area contributed by atoms with Gasteiger partial charge in [0.2, 0.25) is 0 Å². The lowest BCUT2D eigenvalue weighted by Crippen LogP contribution is -2.13. The Balaban J connectivity index is 1.36. The number of nitrogens with one attached hydrogen (secondary N) is 1. The van der Waals surface area contributed by atoms with Crippen molar-refractivity contribution < 1.29 is 27.0 Å². The molecule has 0 aromatic heterocycles. The van der Waals surface area contributed by atoms with E-state index in [1.165, 1.54) is 24.3 Å². The van der Waals surface area contributed by atoms with Gasteiger partial charge in [-0.1, -0.05) is 43.3 Å². The van der Waals surface area contributed by atoms with Crippen LogP contribution >= 0.6 is 0 Å². The molecular formula is C31H26FNO5S. The molecule has 0 heterocycles. The molecule has 0 amide bonds. The number of aryl methyl sites for hydroxylation is 1. The Morgan fingerprint density at radius 2 is 1.51 bits per heavy atom. The number of hydrogen-bond acceptors (Lipinski definition) is 5. The topological polar surface area (TPSA) is 73.9 Å². The zero-order valence-corrected chi connectivity index (χ0v) is 22.2. The number of para-hydroxylation sites is 1. The third-order valence-corrected chi connectivity index (χ3v) is 7.50. The highest BCUT2D eigenvalue weighted by atomic mass is 32.2. The van der Waals surface area contributed by atoms with Crippen molar-refractivity contribution in [3.8, 4) is 28.7 Å². The van der Waals surface area contributed by atoms with E-state index in [-0.39, 0.29) is 16.3 Å². The summed E-state index contributed by atoms with van der Waals surface area (Å²) >= 11 is 0. The van der Waals surface area contributed by atoms with Gasteiger partial charge in [-0.05, 0) is 72.0 Å². The lowest BCUT2D eigenvalue weighted by molar-refractivity contribution is 0.410. The van der Waals surface area contributed by atoms with Crippen molar-refractivity contribution in [1.29, 1.82) is 0 Å². The van der Waals surface area contributed by atoms with Crippen LogP contribution in [0.4, 0.5) is 10.1 Å². The van der Waals surface area contributed by atoms with Crippen LogP contribution in [0.25, 0.3) is 10.8 Å². The summed E-state index contributed by atoms with van der Waals surface area (Å²) in [7, 11) is -2.40. The minimum absolute atomic E-state index is 0.0205. The van der Waals surface area contributed by atoms with Crippen LogP contribution < -0.4 is 18.9 Å². The molecule has 0 bridgehead atoms. The number of benzene rings is 5. The fourth-order valence-corrected chi connectivity index (χ4v) is 5.27. The number of fused-ring (bicyclic) bond motifs is 1. The zero-order valence-electron chi connectivity index (χ0n) is 21.3. The normalized spacial score (nSPS) is 11.3. The van der Waals surface area contributed by atoms with Gasteiger partial charge in [0.15, 0.2) is 11.6 Å². The fourth-order valence-electron chi connectivity index (χ4n) is 4.19. The van der Waals surface area contributed by atoms with Crippen LogP contribution in [0.5, 0.6) is 28.7 Å². The Morgan fingerprint density at radius 3 is 2.26 bits per heavy atom. The third kappa shape index (κ3) is 5.81. The molecule has 1 N–H and O–H groups in total. The molecule has 0 unspecified atom stereocenters. The minimum atomic E-state index is -4.01. The first-order valence-corrected chi connectivity index (χ1v) is 13.8. The summed E-state index contributed by atoms with van der Waals surface area (Å²) in [6, 6.07) is 28.4. The average molecular weight is 544 g/mol. The Kier molecular flexibility index (Phi) is 7.38. The molecule has 198 valence electrons. The Labute approximate surface area is 226 Å². The van der Waals surface area contributed by atoms with Crippen LogP contribution in [0, 0.1) is 5.82 Å². The van der Waals surface area contributed by atoms with Crippen LogP contribution in [-0.2, 0) is 16.4 Å². The second-order valence-corrected chi connectivity index (χ2v) is 10.4. The van der Waals surface area contributed by atoms with E-state index in [2.05, 4.69) is 4.72 Å². The number of hydrogen-bond donors (Lipinski definition) is 1. The number of halogens is 1. The van der Waals surface area contributed by atoms with E-state index in [1.54, 1.807) is 37.4 Å². The predicted octanol–water partition coefficient (Wildman–Crippen LogP) is 7.94.